The van der Waals surface area contributed by atoms with Gasteiger partial charge in [0.15, 0.2) is 10.7 Å². The van der Waals surface area contributed by atoms with Gasteiger partial charge in [0, 0.05) is 0 Å². The van der Waals surface area contributed by atoms with Crippen molar-refractivity contribution in [1.82, 2.24) is 5.01 Å². The number of rotatable bonds is 5. The number of amidine groups is 1. The lowest BCUT2D eigenvalue weighted by Gasteiger charge is -2.24. The molecule has 0 saturated carbocycles. The molecule has 0 fully saturated rings. The minimum absolute atomic E-state index is 0.146. The largest absolute Gasteiger partial charge is 0.384 e. The van der Waals surface area contributed by atoms with Gasteiger partial charge in [-0.2, -0.15) is 5.01 Å². The van der Waals surface area contributed by atoms with Crippen LogP contribution in [0.3, 0.4) is 0 Å². The summed E-state index contributed by atoms with van der Waals surface area (Å²) in [6.07, 6.45) is 1.19. The molecule has 0 radical (unpaired) electrons. The smallest absolute Gasteiger partial charge is 0.279 e. The highest BCUT2D eigenvalue weighted by atomic mass is 32.2. The highest BCUT2D eigenvalue weighted by Crippen LogP contribution is 2.36. The fourth-order valence-electron chi connectivity index (χ4n) is 3.48. The van der Waals surface area contributed by atoms with Crippen molar-refractivity contribution < 1.29 is 9.90 Å². The molecule has 0 saturated heterocycles. The van der Waals surface area contributed by atoms with Gasteiger partial charge in [0.1, 0.15) is 6.10 Å². The van der Waals surface area contributed by atoms with Crippen molar-refractivity contribution in [3.8, 4) is 0 Å². The number of aliphatic hydroxyl groups is 1. The molecular formula is C24H23N3O2S. The van der Waals surface area contributed by atoms with Gasteiger partial charge in [-0.15, -0.1) is 0 Å². The van der Waals surface area contributed by atoms with Gasteiger partial charge in [0.05, 0.1) is 5.69 Å². The Hall–Kier alpha value is -3.09. The summed E-state index contributed by atoms with van der Waals surface area (Å²) in [6, 6.07) is 26.5. The van der Waals surface area contributed by atoms with Gasteiger partial charge < -0.3 is 5.11 Å². The number of para-hydroxylation sites is 1. The Balaban J connectivity index is 1.60. The third-order valence-corrected chi connectivity index (χ3v) is 5.87. The topological polar surface area (TPSA) is 64.9 Å². The summed E-state index contributed by atoms with van der Waals surface area (Å²) in [4.78, 5) is 18.1. The van der Waals surface area contributed by atoms with Gasteiger partial charge in [0.25, 0.3) is 5.91 Å². The number of aliphatic hydroxyl groups excluding tert-OH is 1. The van der Waals surface area contributed by atoms with E-state index in [0.29, 0.717) is 5.17 Å². The second kappa shape index (κ2) is 8.34. The summed E-state index contributed by atoms with van der Waals surface area (Å²) < 4.78 is 0. The third kappa shape index (κ3) is 3.72. The zero-order chi connectivity index (χ0) is 21.1. The van der Waals surface area contributed by atoms with E-state index < -0.39 is 11.6 Å². The Bertz CT molecular complexity index is 1050. The fraction of sp³-hybridized carbons (Fsp3) is 0.167. The Morgan fingerprint density at radius 2 is 1.50 bits per heavy atom. The maximum Gasteiger partial charge on any atom is 0.279 e. The number of carbonyl (C=O) groups excluding carboxylic acids is 1. The van der Waals surface area contributed by atoms with Crippen LogP contribution in [-0.4, -0.2) is 27.4 Å². The summed E-state index contributed by atoms with van der Waals surface area (Å²) >= 11 is 1.42. The van der Waals surface area contributed by atoms with Crippen molar-refractivity contribution in [2.24, 2.45) is 4.99 Å². The quantitative estimate of drug-likeness (QED) is 0.638. The molecule has 1 aliphatic heterocycles. The van der Waals surface area contributed by atoms with Crippen LogP contribution in [-0.2, 0) is 10.3 Å². The Morgan fingerprint density at radius 3 is 2.10 bits per heavy atom. The molecular weight excluding hydrogens is 394 g/mol. The van der Waals surface area contributed by atoms with Gasteiger partial charge >= 0.3 is 0 Å². The molecule has 2 unspecified atom stereocenters. The van der Waals surface area contributed by atoms with Crippen molar-refractivity contribution in [3.05, 3.63) is 102 Å². The predicted molar refractivity (Wildman–Crippen MR) is 122 cm³/mol. The molecule has 1 amide bonds. The van der Waals surface area contributed by atoms with Crippen LogP contribution in [0.4, 0.5) is 5.69 Å². The summed E-state index contributed by atoms with van der Waals surface area (Å²) in [5.41, 5.74) is 5.32. The molecule has 4 rings (SSSR count). The number of anilines is 1. The minimum atomic E-state index is -1.03. The summed E-state index contributed by atoms with van der Waals surface area (Å²) in [5, 5.41) is 12.8. The number of nitrogens with zero attached hydrogens (tertiary/aromatic N) is 2. The van der Waals surface area contributed by atoms with Crippen LogP contribution < -0.4 is 5.43 Å². The van der Waals surface area contributed by atoms with E-state index in [1.54, 1.807) is 0 Å². The first-order chi connectivity index (χ1) is 14.5. The number of hydrazine groups is 1. The molecule has 0 aliphatic carbocycles. The number of benzene rings is 3. The van der Waals surface area contributed by atoms with Crippen molar-refractivity contribution >= 4 is 28.5 Å². The molecule has 2 N–H and O–H groups in total. The maximum atomic E-state index is 13.3. The lowest BCUT2D eigenvalue weighted by Crippen LogP contribution is -2.42. The van der Waals surface area contributed by atoms with Crippen molar-refractivity contribution in [1.29, 1.82) is 0 Å². The molecule has 3 aromatic carbocycles. The van der Waals surface area contributed by atoms with Crippen LogP contribution in [0, 0.1) is 0 Å². The molecule has 6 heteroatoms. The number of hydrogen-bond acceptors (Lipinski definition) is 5. The van der Waals surface area contributed by atoms with Crippen molar-refractivity contribution in [3.63, 3.8) is 0 Å². The van der Waals surface area contributed by atoms with Gasteiger partial charge in [-0.3, -0.25) is 10.2 Å². The zero-order valence-corrected chi connectivity index (χ0v) is 17.6. The third-order valence-electron chi connectivity index (χ3n) is 5.23. The van der Waals surface area contributed by atoms with E-state index in [2.05, 4.69) is 5.43 Å². The molecule has 1 heterocycles. The van der Waals surface area contributed by atoms with Crippen LogP contribution in [0.5, 0.6) is 0 Å². The fourth-order valence-corrected chi connectivity index (χ4v) is 4.06. The second-order valence-corrected chi connectivity index (χ2v) is 8.00. The molecule has 0 aromatic heterocycles. The Morgan fingerprint density at radius 1 is 0.933 bits per heavy atom. The first-order valence-corrected chi connectivity index (χ1v) is 10.9. The Labute approximate surface area is 180 Å². The standard InChI is InChI=1S/C24H23N3O2S/c1-24(19-15-13-18(14-16-19)21(28)17-9-5-3-6-10-17)22(29)27(23(25-24)30-2)26-20-11-7-4-8-12-20/h3-16,21,26,28H,1-2H3. The zero-order valence-electron chi connectivity index (χ0n) is 16.8. The van der Waals surface area contributed by atoms with Crippen LogP contribution in [0.15, 0.2) is 89.9 Å². The first-order valence-electron chi connectivity index (χ1n) is 9.66. The second-order valence-electron chi connectivity index (χ2n) is 7.22. The number of aliphatic imine (C=N–C) groups is 1. The normalized spacial score (nSPS) is 19.5. The predicted octanol–water partition coefficient (Wildman–Crippen LogP) is 4.57. The van der Waals surface area contributed by atoms with Crippen LogP contribution in [0.25, 0.3) is 0 Å². The first kappa shape index (κ1) is 20.2. The highest BCUT2D eigenvalue weighted by Gasteiger charge is 2.46. The number of amides is 1. The molecule has 0 bridgehead atoms. The number of thioether (sulfide) groups is 1. The van der Waals surface area contributed by atoms with Gasteiger partial charge in [0.2, 0.25) is 0 Å². The molecule has 2 atom stereocenters. The van der Waals surface area contributed by atoms with E-state index >= 15 is 0 Å². The average Bonchev–Trinajstić information content (AvgIpc) is 3.05. The molecule has 5 nitrogen and oxygen atoms in total. The molecule has 3 aromatic rings. The van der Waals surface area contributed by atoms with E-state index in [1.807, 2.05) is 98.1 Å². The van der Waals surface area contributed by atoms with E-state index in [0.717, 1.165) is 22.4 Å². The molecule has 1 aliphatic rings. The summed E-state index contributed by atoms with van der Waals surface area (Å²) in [7, 11) is 0. The maximum absolute atomic E-state index is 13.3. The lowest BCUT2D eigenvalue weighted by atomic mass is 9.90. The van der Waals surface area contributed by atoms with E-state index in [4.69, 9.17) is 4.99 Å². The SMILES string of the molecule is CSC1=NC(C)(c2ccc(C(O)c3ccccc3)cc2)C(=O)N1Nc1ccccc1. The van der Waals surface area contributed by atoms with Crippen molar-refractivity contribution in [2.75, 3.05) is 11.7 Å². The monoisotopic (exact) mass is 417 g/mol. The average molecular weight is 418 g/mol. The minimum Gasteiger partial charge on any atom is -0.384 e. The van der Waals surface area contributed by atoms with E-state index in [9.17, 15) is 9.90 Å². The summed E-state index contributed by atoms with van der Waals surface area (Å²) in [5.74, 6) is -0.146. The molecule has 0 spiro atoms. The van der Waals surface area contributed by atoms with E-state index in [-0.39, 0.29) is 5.91 Å². The van der Waals surface area contributed by atoms with Crippen LogP contribution >= 0.6 is 11.8 Å². The van der Waals surface area contributed by atoms with Gasteiger partial charge in [-0.25, -0.2) is 4.99 Å². The van der Waals surface area contributed by atoms with Crippen LogP contribution in [0.2, 0.25) is 0 Å². The Kier molecular flexibility index (Phi) is 5.61. The van der Waals surface area contributed by atoms with Gasteiger partial charge in [-0.05, 0) is 42.0 Å². The van der Waals surface area contributed by atoms with E-state index in [1.165, 1.54) is 16.8 Å². The summed E-state index contributed by atoms with van der Waals surface area (Å²) in [6.45, 7) is 1.82. The highest BCUT2D eigenvalue weighted by molar-refractivity contribution is 8.13. The lowest BCUT2D eigenvalue weighted by molar-refractivity contribution is -0.129. The van der Waals surface area contributed by atoms with Crippen molar-refractivity contribution in [2.45, 2.75) is 18.6 Å². The van der Waals surface area contributed by atoms with Gasteiger partial charge in [-0.1, -0.05) is 84.6 Å². The molecule has 152 valence electrons. The van der Waals surface area contributed by atoms with Crippen LogP contribution in [0.1, 0.15) is 29.7 Å². The molecule has 30 heavy (non-hydrogen) atoms. The number of nitrogens with one attached hydrogen (secondary N) is 1. The number of hydrogen-bond donors (Lipinski definition) is 2. The number of carbonyl (C=O) groups is 1.